The molecule has 0 spiro atoms. The molecule has 0 aliphatic carbocycles. The molecule has 0 saturated heterocycles. The first kappa shape index (κ1) is 13.1. The van der Waals surface area contributed by atoms with Crippen molar-refractivity contribution in [2.75, 3.05) is 12.8 Å². The molecule has 0 radical (unpaired) electrons. The fourth-order valence-electron chi connectivity index (χ4n) is 1.99. The van der Waals surface area contributed by atoms with Gasteiger partial charge >= 0.3 is 0 Å². The summed E-state index contributed by atoms with van der Waals surface area (Å²) in [6.07, 6.45) is 0. The molecule has 0 bridgehead atoms. The highest BCUT2D eigenvalue weighted by Gasteiger charge is 2.10. The van der Waals surface area contributed by atoms with Crippen LogP contribution < -0.4 is 10.5 Å². The number of nitrogen functional groups attached to an aromatic ring is 1. The molecule has 0 saturated carbocycles. The van der Waals surface area contributed by atoms with Crippen molar-refractivity contribution in [2.24, 2.45) is 0 Å². The van der Waals surface area contributed by atoms with Crippen molar-refractivity contribution in [1.82, 2.24) is 20.0 Å². The third-order valence-corrected chi connectivity index (χ3v) is 3.12. The molecule has 6 nitrogen and oxygen atoms in total. The van der Waals surface area contributed by atoms with Gasteiger partial charge in [0.05, 0.1) is 18.5 Å². The van der Waals surface area contributed by atoms with Crippen LogP contribution in [0.3, 0.4) is 0 Å². The van der Waals surface area contributed by atoms with Gasteiger partial charge in [-0.3, -0.25) is 0 Å². The van der Waals surface area contributed by atoms with Gasteiger partial charge in [0.2, 0.25) is 0 Å². The Bertz CT molecular complexity index is 747. The summed E-state index contributed by atoms with van der Waals surface area (Å²) in [7, 11) is 1.64. The summed E-state index contributed by atoms with van der Waals surface area (Å²) in [4.78, 5) is 0. The average Bonchev–Trinajstić information content (AvgIpc) is 2.90. The van der Waals surface area contributed by atoms with E-state index in [9.17, 15) is 0 Å². The predicted octanol–water partition coefficient (Wildman–Crippen LogP) is 2.23. The van der Waals surface area contributed by atoms with E-state index >= 15 is 0 Å². The van der Waals surface area contributed by atoms with Crippen LogP contribution in [0.15, 0.2) is 42.5 Å². The van der Waals surface area contributed by atoms with Gasteiger partial charge < -0.3 is 10.5 Å². The van der Waals surface area contributed by atoms with Crippen LogP contribution in [-0.2, 0) is 0 Å². The van der Waals surface area contributed by atoms with Crippen LogP contribution in [-0.4, -0.2) is 27.1 Å². The van der Waals surface area contributed by atoms with Crippen LogP contribution in [0.4, 0.5) is 5.82 Å². The Morgan fingerprint density at radius 3 is 2.43 bits per heavy atom. The number of nitrogens with two attached hydrogens (primary N) is 1. The summed E-state index contributed by atoms with van der Waals surface area (Å²) in [6, 6.07) is 13.2. The lowest BCUT2D eigenvalue weighted by atomic mass is 10.1. The van der Waals surface area contributed by atoms with Crippen LogP contribution in [0.2, 0.25) is 0 Å². The third-order valence-electron chi connectivity index (χ3n) is 3.12. The van der Waals surface area contributed by atoms with Gasteiger partial charge in [-0.05, 0) is 43.3 Å². The van der Waals surface area contributed by atoms with Gasteiger partial charge in [-0.2, -0.15) is 14.9 Å². The molecule has 1 aromatic carbocycles. The molecule has 21 heavy (non-hydrogen) atoms. The smallest absolute Gasteiger partial charge is 0.178 e. The minimum Gasteiger partial charge on any atom is -0.497 e. The Hall–Kier alpha value is -2.89. The molecule has 2 N–H and O–H groups in total. The Morgan fingerprint density at radius 2 is 1.81 bits per heavy atom. The summed E-state index contributed by atoms with van der Waals surface area (Å²) in [6.45, 7) is 1.88. The predicted molar refractivity (Wildman–Crippen MR) is 80.3 cm³/mol. The molecule has 0 unspecified atom stereocenters. The second-order valence-electron chi connectivity index (χ2n) is 4.63. The number of ether oxygens (including phenoxy) is 1. The summed E-state index contributed by atoms with van der Waals surface area (Å²) >= 11 is 0. The van der Waals surface area contributed by atoms with E-state index in [0.29, 0.717) is 11.6 Å². The van der Waals surface area contributed by atoms with E-state index in [4.69, 9.17) is 10.5 Å². The lowest BCUT2D eigenvalue weighted by Crippen LogP contribution is -2.05. The molecule has 3 rings (SSSR count). The van der Waals surface area contributed by atoms with E-state index in [1.54, 1.807) is 11.8 Å². The zero-order valence-corrected chi connectivity index (χ0v) is 11.8. The van der Waals surface area contributed by atoms with Gasteiger partial charge in [0, 0.05) is 11.6 Å². The highest BCUT2D eigenvalue weighted by molar-refractivity contribution is 5.64. The summed E-state index contributed by atoms with van der Waals surface area (Å²) in [5.74, 6) is 1.91. The first-order valence-corrected chi connectivity index (χ1v) is 6.48. The van der Waals surface area contributed by atoms with Gasteiger partial charge in [0.1, 0.15) is 11.6 Å². The number of hydrogen-bond donors (Lipinski definition) is 1. The van der Waals surface area contributed by atoms with E-state index < -0.39 is 0 Å². The van der Waals surface area contributed by atoms with Crippen LogP contribution in [0.5, 0.6) is 5.75 Å². The lowest BCUT2D eigenvalue weighted by Gasteiger charge is -2.02. The van der Waals surface area contributed by atoms with Crippen molar-refractivity contribution in [3.63, 3.8) is 0 Å². The van der Waals surface area contributed by atoms with Crippen molar-refractivity contribution in [1.29, 1.82) is 0 Å². The fourth-order valence-corrected chi connectivity index (χ4v) is 1.99. The van der Waals surface area contributed by atoms with Crippen molar-refractivity contribution < 1.29 is 4.74 Å². The molecule has 6 heteroatoms. The Kier molecular flexibility index (Phi) is 3.27. The Labute approximate surface area is 122 Å². The largest absolute Gasteiger partial charge is 0.497 e. The van der Waals surface area contributed by atoms with Crippen LogP contribution in [0.1, 0.15) is 5.69 Å². The molecule has 0 aliphatic heterocycles. The van der Waals surface area contributed by atoms with Crippen molar-refractivity contribution in [2.45, 2.75) is 6.92 Å². The van der Waals surface area contributed by atoms with E-state index in [1.165, 1.54) is 0 Å². The fraction of sp³-hybridized carbons (Fsp3) is 0.133. The van der Waals surface area contributed by atoms with E-state index in [2.05, 4.69) is 15.3 Å². The van der Waals surface area contributed by atoms with Gasteiger partial charge in [0.25, 0.3) is 0 Å². The average molecular weight is 281 g/mol. The summed E-state index contributed by atoms with van der Waals surface area (Å²) in [5.41, 5.74) is 8.59. The maximum absolute atomic E-state index is 6.01. The second-order valence-corrected chi connectivity index (χ2v) is 4.63. The zero-order valence-electron chi connectivity index (χ0n) is 11.8. The third kappa shape index (κ3) is 2.55. The quantitative estimate of drug-likeness (QED) is 0.796. The number of hydrogen-bond acceptors (Lipinski definition) is 5. The van der Waals surface area contributed by atoms with Crippen molar-refractivity contribution >= 4 is 5.82 Å². The number of anilines is 1. The van der Waals surface area contributed by atoms with Gasteiger partial charge in [-0.1, -0.05) is 0 Å². The van der Waals surface area contributed by atoms with Crippen molar-refractivity contribution in [3.8, 4) is 22.8 Å². The molecule has 2 heterocycles. The molecule has 106 valence electrons. The Morgan fingerprint density at radius 1 is 1.05 bits per heavy atom. The molecule has 3 aromatic rings. The first-order chi connectivity index (χ1) is 10.2. The van der Waals surface area contributed by atoms with Gasteiger partial charge in [-0.25, -0.2) is 0 Å². The highest BCUT2D eigenvalue weighted by Crippen LogP contribution is 2.24. The monoisotopic (exact) mass is 281 g/mol. The molecule has 2 aromatic heterocycles. The number of rotatable bonds is 3. The molecule has 0 atom stereocenters. The van der Waals surface area contributed by atoms with Gasteiger partial charge in [-0.15, -0.1) is 5.10 Å². The standard InChI is InChI=1S/C15H15N5O/c1-10-3-8-15(18-17-10)20-14(16)9-13(19-20)11-4-6-12(21-2)7-5-11/h3-9H,16H2,1-2H3. The van der Waals surface area contributed by atoms with Crippen LogP contribution in [0.25, 0.3) is 17.1 Å². The van der Waals surface area contributed by atoms with Crippen LogP contribution >= 0.6 is 0 Å². The minimum atomic E-state index is 0.513. The molecule has 0 fully saturated rings. The number of methoxy groups -OCH3 is 1. The molecule has 0 aliphatic rings. The minimum absolute atomic E-state index is 0.513. The zero-order chi connectivity index (χ0) is 14.8. The SMILES string of the molecule is COc1ccc(-c2cc(N)n(-c3ccc(C)nn3)n2)cc1. The summed E-state index contributed by atoms with van der Waals surface area (Å²) in [5, 5.41) is 12.6. The second kappa shape index (κ2) is 5.24. The molecular formula is C15H15N5O. The first-order valence-electron chi connectivity index (χ1n) is 6.48. The van der Waals surface area contributed by atoms with Crippen LogP contribution in [0, 0.1) is 6.92 Å². The number of aryl methyl sites for hydroxylation is 1. The van der Waals surface area contributed by atoms with E-state index in [-0.39, 0.29) is 0 Å². The van der Waals surface area contributed by atoms with Crippen molar-refractivity contribution in [3.05, 3.63) is 48.2 Å². The van der Waals surface area contributed by atoms with Gasteiger partial charge in [0.15, 0.2) is 5.82 Å². The highest BCUT2D eigenvalue weighted by atomic mass is 16.5. The molecule has 0 amide bonds. The topological polar surface area (TPSA) is 78.9 Å². The molecular weight excluding hydrogens is 266 g/mol. The van der Waals surface area contributed by atoms with E-state index in [0.717, 1.165) is 22.7 Å². The normalized spacial score (nSPS) is 10.6. The summed E-state index contributed by atoms with van der Waals surface area (Å²) < 4.78 is 6.72. The maximum Gasteiger partial charge on any atom is 0.178 e. The maximum atomic E-state index is 6.01. The lowest BCUT2D eigenvalue weighted by molar-refractivity contribution is 0.415. The van der Waals surface area contributed by atoms with E-state index in [1.807, 2.05) is 49.4 Å². The number of benzene rings is 1. The number of aromatic nitrogens is 4. The Balaban J connectivity index is 1.98. The number of nitrogens with zero attached hydrogens (tertiary/aromatic N) is 4.